The Morgan fingerprint density at radius 1 is 1.68 bits per heavy atom. The number of carbonyl (C=O) groups excluding carboxylic acids is 1. The number of nitro groups is 1. The van der Waals surface area contributed by atoms with Gasteiger partial charge >= 0.3 is 11.7 Å². The van der Waals surface area contributed by atoms with E-state index in [-0.39, 0.29) is 16.8 Å². The van der Waals surface area contributed by atoms with Crippen LogP contribution in [0.25, 0.3) is 0 Å². The van der Waals surface area contributed by atoms with Crippen LogP contribution >= 0.6 is 11.6 Å². The summed E-state index contributed by atoms with van der Waals surface area (Å²) in [6.45, 7) is 0.480. The third-order valence-electron chi connectivity index (χ3n) is 2.92. The fourth-order valence-electron chi connectivity index (χ4n) is 2.09. The summed E-state index contributed by atoms with van der Waals surface area (Å²) in [6.07, 6.45) is 2.32. The molecule has 0 aromatic carbocycles. The Morgan fingerprint density at radius 3 is 3.05 bits per heavy atom. The molecule has 1 atom stereocenters. The van der Waals surface area contributed by atoms with Gasteiger partial charge in [-0.2, -0.15) is 4.98 Å². The third-order valence-corrected chi connectivity index (χ3v) is 3.10. The van der Waals surface area contributed by atoms with Gasteiger partial charge < -0.3 is 9.64 Å². The fraction of sp³-hybridized carbons (Fsp3) is 0.500. The highest BCUT2D eigenvalue weighted by atomic mass is 35.5. The van der Waals surface area contributed by atoms with Gasteiger partial charge in [-0.1, -0.05) is 0 Å². The van der Waals surface area contributed by atoms with Crippen molar-refractivity contribution in [1.82, 2.24) is 9.97 Å². The van der Waals surface area contributed by atoms with Crippen molar-refractivity contribution in [1.29, 1.82) is 0 Å². The van der Waals surface area contributed by atoms with E-state index >= 15 is 0 Å². The van der Waals surface area contributed by atoms with Gasteiger partial charge in [-0.05, 0) is 24.4 Å². The Kier molecular flexibility index (Phi) is 3.79. The van der Waals surface area contributed by atoms with E-state index in [1.165, 1.54) is 12.0 Å². The van der Waals surface area contributed by atoms with Crippen LogP contribution in [0, 0.1) is 10.1 Å². The molecule has 2 heterocycles. The molecule has 8 nitrogen and oxygen atoms in total. The highest BCUT2D eigenvalue weighted by Crippen LogP contribution is 2.32. The minimum absolute atomic E-state index is 0.0536. The summed E-state index contributed by atoms with van der Waals surface area (Å²) < 4.78 is 4.69. The molecule has 1 aromatic heterocycles. The molecule has 0 amide bonds. The van der Waals surface area contributed by atoms with Crippen LogP contribution in [0.15, 0.2) is 6.20 Å². The highest BCUT2D eigenvalue weighted by molar-refractivity contribution is 6.28. The van der Waals surface area contributed by atoms with Crippen molar-refractivity contribution in [2.75, 3.05) is 18.6 Å². The van der Waals surface area contributed by atoms with E-state index in [1.807, 2.05) is 0 Å². The first kappa shape index (κ1) is 13.5. The summed E-state index contributed by atoms with van der Waals surface area (Å²) in [7, 11) is 1.28. The van der Waals surface area contributed by atoms with Crippen LogP contribution in [0.1, 0.15) is 12.8 Å². The molecular weight excluding hydrogens is 276 g/mol. The molecule has 0 N–H and O–H groups in total. The third kappa shape index (κ3) is 2.58. The minimum atomic E-state index is -0.599. The molecule has 2 rings (SSSR count). The first-order valence-corrected chi connectivity index (χ1v) is 5.93. The number of anilines is 1. The zero-order chi connectivity index (χ0) is 14.0. The Bertz CT molecular complexity index is 524. The van der Waals surface area contributed by atoms with Gasteiger partial charge in [0, 0.05) is 6.54 Å². The maximum absolute atomic E-state index is 11.7. The number of hydrogen-bond acceptors (Lipinski definition) is 7. The zero-order valence-corrected chi connectivity index (χ0v) is 10.8. The average molecular weight is 287 g/mol. The monoisotopic (exact) mass is 286 g/mol. The van der Waals surface area contributed by atoms with Gasteiger partial charge in [0.05, 0.1) is 12.0 Å². The number of halogens is 1. The lowest BCUT2D eigenvalue weighted by atomic mass is 10.2. The molecule has 1 fully saturated rings. The van der Waals surface area contributed by atoms with Crippen molar-refractivity contribution in [3.8, 4) is 0 Å². The normalized spacial score (nSPS) is 18.4. The van der Waals surface area contributed by atoms with Crippen molar-refractivity contribution in [2.45, 2.75) is 18.9 Å². The van der Waals surface area contributed by atoms with Crippen LogP contribution in [0.3, 0.4) is 0 Å². The Balaban J connectivity index is 2.42. The van der Waals surface area contributed by atoms with E-state index in [0.717, 1.165) is 12.6 Å². The first-order chi connectivity index (χ1) is 9.04. The van der Waals surface area contributed by atoms with E-state index < -0.39 is 16.9 Å². The molecule has 0 bridgehead atoms. The molecule has 1 aliphatic heterocycles. The lowest BCUT2D eigenvalue weighted by Gasteiger charge is -2.22. The second-order valence-electron chi connectivity index (χ2n) is 3.98. The molecule has 0 aliphatic carbocycles. The molecule has 9 heteroatoms. The van der Waals surface area contributed by atoms with E-state index in [9.17, 15) is 14.9 Å². The van der Waals surface area contributed by atoms with Crippen LogP contribution in [-0.4, -0.2) is 40.6 Å². The van der Waals surface area contributed by atoms with Crippen LogP contribution < -0.4 is 4.90 Å². The Hall–Kier alpha value is -1.96. The highest BCUT2D eigenvalue weighted by Gasteiger charge is 2.36. The van der Waals surface area contributed by atoms with Crippen LogP contribution in [0.2, 0.25) is 5.28 Å². The maximum Gasteiger partial charge on any atom is 0.329 e. The number of carbonyl (C=O) groups is 1. The van der Waals surface area contributed by atoms with E-state index in [0.29, 0.717) is 13.0 Å². The molecule has 1 aromatic rings. The number of methoxy groups -OCH3 is 1. The number of ether oxygens (including phenoxy) is 1. The van der Waals surface area contributed by atoms with Crippen LogP contribution in [0.5, 0.6) is 0 Å². The van der Waals surface area contributed by atoms with E-state index in [2.05, 4.69) is 14.7 Å². The topological polar surface area (TPSA) is 98.5 Å². The number of nitrogens with zero attached hydrogens (tertiary/aromatic N) is 4. The molecule has 102 valence electrons. The average Bonchev–Trinajstić information content (AvgIpc) is 2.86. The maximum atomic E-state index is 11.7. The van der Waals surface area contributed by atoms with Crippen molar-refractivity contribution in [2.24, 2.45) is 0 Å². The van der Waals surface area contributed by atoms with Gasteiger partial charge in [0.25, 0.3) is 0 Å². The molecule has 0 unspecified atom stereocenters. The minimum Gasteiger partial charge on any atom is -0.467 e. The summed E-state index contributed by atoms with van der Waals surface area (Å²) in [5.41, 5.74) is -0.278. The molecule has 1 saturated heterocycles. The van der Waals surface area contributed by atoms with Crippen LogP contribution in [-0.2, 0) is 9.53 Å². The summed E-state index contributed by atoms with van der Waals surface area (Å²) in [5.74, 6) is -0.389. The van der Waals surface area contributed by atoms with Gasteiger partial charge in [0.2, 0.25) is 11.1 Å². The molecule has 0 spiro atoms. The first-order valence-electron chi connectivity index (χ1n) is 5.56. The number of rotatable bonds is 3. The second-order valence-corrected chi connectivity index (χ2v) is 4.32. The molecule has 0 radical (unpaired) electrons. The van der Waals surface area contributed by atoms with Crippen molar-refractivity contribution >= 4 is 29.1 Å². The zero-order valence-electron chi connectivity index (χ0n) is 10.1. The summed E-state index contributed by atoms with van der Waals surface area (Å²) >= 11 is 5.67. The predicted octanol–water partition coefficient (Wildman–Crippen LogP) is 1.18. The number of aromatic nitrogens is 2. The summed E-state index contributed by atoms with van der Waals surface area (Å²) in [4.78, 5) is 31.0. The van der Waals surface area contributed by atoms with Gasteiger partial charge in [-0.3, -0.25) is 10.1 Å². The predicted molar refractivity (Wildman–Crippen MR) is 66.1 cm³/mol. The fourth-order valence-corrected chi connectivity index (χ4v) is 2.22. The SMILES string of the molecule is COC(=O)[C@H]1CCCN1c1nc(Cl)ncc1[N+](=O)[O-]. The quantitative estimate of drug-likeness (QED) is 0.356. The summed E-state index contributed by atoms with van der Waals surface area (Å²) in [6, 6.07) is -0.574. The van der Waals surface area contributed by atoms with Gasteiger partial charge in [0.15, 0.2) is 0 Å². The molecule has 19 heavy (non-hydrogen) atoms. The van der Waals surface area contributed by atoms with E-state index in [4.69, 9.17) is 11.6 Å². The lowest BCUT2D eigenvalue weighted by molar-refractivity contribution is -0.384. The van der Waals surface area contributed by atoms with Crippen molar-refractivity contribution < 1.29 is 14.5 Å². The largest absolute Gasteiger partial charge is 0.467 e. The van der Waals surface area contributed by atoms with Gasteiger partial charge in [-0.25, -0.2) is 9.78 Å². The molecule has 1 aliphatic rings. The smallest absolute Gasteiger partial charge is 0.329 e. The van der Waals surface area contributed by atoms with E-state index in [1.54, 1.807) is 0 Å². The van der Waals surface area contributed by atoms with Crippen molar-refractivity contribution in [3.63, 3.8) is 0 Å². The summed E-state index contributed by atoms with van der Waals surface area (Å²) in [5, 5.41) is 10.9. The van der Waals surface area contributed by atoms with Gasteiger partial charge in [-0.15, -0.1) is 0 Å². The number of hydrogen-bond donors (Lipinski definition) is 0. The lowest BCUT2D eigenvalue weighted by Crippen LogP contribution is -2.37. The standard InChI is InChI=1S/C10H11ClN4O4/c1-19-9(16)6-3-2-4-14(6)8-7(15(17)18)5-12-10(11)13-8/h5-6H,2-4H2,1H3/t6-/m1/s1. The Labute approximate surface area is 113 Å². The Morgan fingerprint density at radius 2 is 2.42 bits per heavy atom. The van der Waals surface area contributed by atoms with Crippen molar-refractivity contribution in [3.05, 3.63) is 21.6 Å². The second kappa shape index (κ2) is 5.35. The van der Waals surface area contributed by atoms with Gasteiger partial charge in [0.1, 0.15) is 12.2 Å². The van der Waals surface area contributed by atoms with Crippen LogP contribution in [0.4, 0.5) is 11.5 Å². The molecule has 0 saturated carbocycles. The molecular formula is C10H11ClN4O4. The number of esters is 1.